The molecule has 1 fully saturated rings. The molecular formula is C17H25BN4O7. The molecular weight excluding hydrogens is 383 g/mol. The fourth-order valence-corrected chi connectivity index (χ4v) is 3.30. The first-order valence-corrected chi connectivity index (χ1v) is 9.31. The molecule has 3 rings (SSSR count). The normalized spacial score (nSPS) is 17.5. The number of carbonyl (C=O) groups excluding carboxylic acids is 2. The van der Waals surface area contributed by atoms with Gasteiger partial charge < -0.3 is 46.3 Å². The fourth-order valence-electron chi connectivity index (χ4n) is 3.30. The van der Waals surface area contributed by atoms with E-state index in [0.29, 0.717) is 12.7 Å². The van der Waals surface area contributed by atoms with Crippen molar-refractivity contribution < 1.29 is 34.2 Å². The van der Waals surface area contributed by atoms with Crippen LogP contribution in [0.2, 0.25) is 6.32 Å². The van der Waals surface area contributed by atoms with E-state index in [1.165, 1.54) is 11.8 Å². The third kappa shape index (κ3) is 4.62. The van der Waals surface area contributed by atoms with Crippen LogP contribution in [-0.4, -0.2) is 70.5 Å². The molecule has 0 bridgehead atoms. The summed E-state index contributed by atoms with van der Waals surface area (Å²) in [6.07, 6.45) is -2.47. The SMILES string of the molecule is C[C@H](NC(=O)C(N)N)C(=O)N1CC(Oc2ccc3c(c2C(O)O)OB(O)CC3)C1. The molecule has 2 heterocycles. The third-order valence-electron chi connectivity index (χ3n) is 4.90. The number of aryl methyl sites for hydroxylation is 1. The zero-order chi connectivity index (χ0) is 21.3. The van der Waals surface area contributed by atoms with Crippen LogP contribution in [0.25, 0.3) is 0 Å². The van der Waals surface area contributed by atoms with Crippen molar-refractivity contribution >= 4 is 18.9 Å². The van der Waals surface area contributed by atoms with E-state index in [-0.39, 0.29) is 42.2 Å². The summed E-state index contributed by atoms with van der Waals surface area (Å²) in [5.74, 6) is -0.520. The van der Waals surface area contributed by atoms with Crippen molar-refractivity contribution in [2.75, 3.05) is 13.1 Å². The molecule has 0 aromatic heterocycles. The number of carbonyl (C=O) groups is 2. The first-order valence-electron chi connectivity index (χ1n) is 9.31. The quantitative estimate of drug-likeness (QED) is 0.218. The average Bonchev–Trinajstić information content (AvgIpc) is 2.62. The van der Waals surface area contributed by atoms with Crippen LogP contribution in [0.3, 0.4) is 0 Å². The number of likely N-dealkylation sites (tertiary alicyclic amines) is 1. The lowest BCUT2D eigenvalue weighted by Gasteiger charge is -2.40. The monoisotopic (exact) mass is 408 g/mol. The number of amides is 2. The lowest BCUT2D eigenvalue weighted by molar-refractivity contribution is -0.144. The van der Waals surface area contributed by atoms with E-state index in [1.54, 1.807) is 12.1 Å². The van der Waals surface area contributed by atoms with E-state index in [9.17, 15) is 24.8 Å². The Kier molecular flexibility index (Phi) is 6.29. The van der Waals surface area contributed by atoms with Crippen molar-refractivity contribution in [2.24, 2.45) is 11.5 Å². The molecule has 0 aliphatic carbocycles. The average molecular weight is 408 g/mol. The topological polar surface area (TPSA) is 181 Å². The standard InChI is InChI=1S/C17H25BN4O7/c1-8(21-15(23)14(19)20)16(24)22-6-10(7-22)28-11-3-2-9-4-5-18(27)29-13(9)12(11)17(25)26/h2-3,8,10,14,17,25-27H,4-7,19-20H2,1H3,(H,21,23)/t8-/m0/s1. The van der Waals surface area contributed by atoms with Crippen LogP contribution >= 0.6 is 0 Å². The number of hydrogen-bond donors (Lipinski definition) is 6. The number of ether oxygens (including phenoxy) is 1. The Morgan fingerprint density at radius 3 is 2.66 bits per heavy atom. The lowest BCUT2D eigenvalue weighted by Crippen LogP contribution is -2.61. The molecule has 0 unspecified atom stereocenters. The summed E-state index contributed by atoms with van der Waals surface area (Å²) in [6.45, 7) is 2.05. The van der Waals surface area contributed by atoms with E-state index in [2.05, 4.69) is 5.32 Å². The van der Waals surface area contributed by atoms with Crippen molar-refractivity contribution in [1.29, 1.82) is 0 Å². The molecule has 2 amide bonds. The van der Waals surface area contributed by atoms with E-state index < -0.39 is 31.5 Å². The highest BCUT2D eigenvalue weighted by molar-refractivity contribution is 6.44. The summed E-state index contributed by atoms with van der Waals surface area (Å²) in [7, 11) is -1.02. The van der Waals surface area contributed by atoms with Gasteiger partial charge in [-0.05, 0) is 31.3 Å². The molecule has 1 aromatic rings. The molecule has 1 atom stereocenters. The predicted molar refractivity (Wildman–Crippen MR) is 101 cm³/mol. The van der Waals surface area contributed by atoms with Crippen LogP contribution < -0.4 is 26.2 Å². The minimum atomic E-state index is -1.85. The summed E-state index contributed by atoms with van der Waals surface area (Å²) in [5, 5.41) is 31.7. The number of benzene rings is 1. The summed E-state index contributed by atoms with van der Waals surface area (Å²) < 4.78 is 11.2. The fraction of sp³-hybridized carbons (Fsp3) is 0.529. The Labute approximate surface area is 167 Å². The van der Waals surface area contributed by atoms with Crippen molar-refractivity contribution in [3.05, 3.63) is 23.3 Å². The largest absolute Gasteiger partial charge is 0.535 e. The van der Waals surface area contributed by atoms with Gasteiger partial charge in [-0.3, -0.25) is 9.59 Å². The van der Waals surface area contributed by atoms with E-state index in [4.69, 9.17) is 20.9 Å². The molecule has 29 heavy (non-hydrogen) atoms. The molecule has 12 heteroatoms. The van der Waals surface area contributed by atoms with Gasteiger partial charge in [0.1, 0.15) is 29.8 Å². The van der Waals surface area contributed by atoms with Gasteiger partial charge in [-0.25, -0.2) is 0 Å². The van der Waals surface area contributed by atoms with Gasteiger partial charge in [0.15, 0.2) is 6.29 Å². The molecule has 158 valence electrons. The summed E-state index contributed by atoms with van der Waals surface area (Å²) in [4.78, 5) is 25.3. The molecule has 0 saturated carbocycles. The molecule has 2 aliphatic rings. The van der Waals surface area contributed by atoms with Crippen LogP contribution in [0.15, 0.2) is 12.1 Å². The highest BCUT2D eigenvalue weighted by Gasteiger charge is 2.37. The Hall–Kier alpha value is -2.38. The van der Waals surface area contributed by atoms with E-state index >= 15 is 0 Å². The Bertz CT molecular complexity index is 785. The zero-order valence-corrected chi connectivity index (χ0v) is 15.9. The van der Waals surface area contributed by atoms with Gasteiger partial charge in [0, 0.05) is 0 Å². The number of hydrogen-bond acceptors (Lipinski definition) is 9. The molecule has 0 spiro atoms. The maximum absolute atomic E-state index is 12.3. The molecule has 11 nitrogen and oxygen atoms in total. The summed E-state index contributed by atoms with van der Waals surface area (Å²) in [6, 6.07) is 2.58. The van der Waals surface area contributed by atoms with Gasteiger partial charge in [-0.2, -0.15) is 0 Å². The van der Waals surface area contributed by atoms with Crippen LogP contribution in [0.4, 0.5) is 0 Å². The minimum Gasteiger partial charge on any atom is -0.535 e. The van der Waals surface area contributed by atoms with Gasteiger partial charge in [0.2, 0.25) is 5.91 Å². The lowest BCUT2D eigenvalue weighted by atomic mass is 9.78. The molecule has 8 N–H and O–H groups in total. The summed E-state index contributed by atoms with van der Waals surface area (Å²) in [5.41, 5.74) is 11.3. The predicted octanol–water partition coefficient (Wildman–Crippen LogP) is -2.58. The summed E-state index contributed by atoms with van der Waals surface area (Å²) >= 11 is 0. The number of nitrogens with one attached hydrogen (secondary N) is 1. The highest BCUT2D eigenvalue weighted by Crippen LogP contribution is 2.40. The third-order valence-corrected chi connectivity index (χ3v) is 4.90. The zero-order valence-electron chi connectivity index (χ0n) is 15.9. The maximum Gasteiger partial charge on any atom is 0.522 e. The molecule has 2 aliphatic heterocycles. The Morgan fingerprint density at radius 1 is 1.34 bits per heavy atom. The second-order valence-electron chi connectivity index (χ2n) is 7.19. The molecule has 0 radical (unpaired) electrons. The van der Waals surface area contributed by atoms with Crippen LogP contribution in [-0.2, 0) is 16.0 Å². The van der Waals surface area contributed by atoms with Crippen molar-refractivity contribution in [3.8, 4) is 11.5 Å². The Balaban J connectivity index is 1.62. The highest BCUT2D eigenvalue weighted by atomic mass is 16.5. The van der Waals surface area contributed by atoms with Crippen LogP contribution in [0.1, 0.15) is 24.3 Å². The minimum absolute atomic E-state index is 0.0450. The second-order valence-corrected chi connectivity index (χ2v) is 7.19. The number of rotatable bonds is 6. The van der Waals surface area contributed by atoms with Gasteiger partial charge in [0.25, 0.3) is 5.91 Å². The van der Waals surface area contributed by atoms with Gasteiger partial charge in [0.05, 0.1) is 18.7 Å². The number of fused-ring (bicyclic) bond motifs is 1. The molecule has 1 aromatic carbocycles. The smallest absolute Gasteiger partial charge is 0.522 e. The number of nitrogens with zero attached hydrogens (tertiary/aromatic N) is 1. The number of aliphatic hydroxyl groups excluding tert-OH is 1. The first-order chi connectivity index (χ1) is 13.7. The number of nitrogens with two attached hydrogens (primary N) is 2. The second kappa shape index (κ2) is 8.55. The van der Waals surface area contributed by atoms with E-state index in [1.807, 2.05) is 0 Å². The van der Waals surface area contributed by atoms with Crippen molar-refractivity contribution in [1.82, 2.24) is 10.2 Å². The first kappa shape index (κ1) is 21.3. The van der Waals surface area contributed by atoms with Gasteiger partial charge in [-0.15, -0.1) is 0 Å². The maximum atomic E-state index is 12.3. The van der Waals surface area contributed by atoms with Gasteiger partial charge in [-0.1, -0.05) is 6.07 Å². The van der Waals surface area contributed by atoms with E-state index in [0.717, 1.165) is 5.56 Å². The van der Waals surface area contributed by atoms with Crippen LogP contribution in [0, 0.1) is 0 Å². The Morgan fingerprint density at radius 2 is 2.03 bits per heavy atom. The van der Waals surface area contributed by atoms with Crippen molar-refractivity contribution in [3.63, 3.8) is 0 Å². The van der Waals surface area contributed by atoms with Crippen molar-refractivity contribution in [2.45, 2.75) is 44.3 Å². The number of aliphatic hydroxyl groups is 2. The molecule has 1 saturated heterocycles. The van der Waals surface area contributed by atoms with Gasteiger partial charge >= 0.3 is 7.12 Å². The van der Waals surface area contributed by atoms with Crippen LogP contribution in [0.5, 0.6) is 11.5 Å².